The molecule has 0 bridgehead atoms. The molecule has 3 heterocycles. The summed E-state index contributed by atoms with van der Waals surface area (Å²) in [7, 11) is 1.61. The van der Waals surface area contributed by atoms with E-state index in [9.17, 15) is 14.0 Å². The Morgan fingerprint density at radius 1 is 1.26 bits per heavy atom. The van der Waals surface area contributed by atoms with Crippen LogP contribution in [0.3, 0.4) is 0 Å². The lowest BCUT2D eigenvalue weighted by atomic mass is 10.1. The van der Waals surface area contributed by atoms with Crippen molar-refractivity contribution in [1.29, 1.82) is 0 Å². The molecule has 0 radical (unpaired) electrons. The maximum atomic E-state index is 13.3. The molecular formula is C19H20FN5O2. The van der Waals surface area contributed by atoms with Gasteiger partial charge in [-0.3, -0.25) is 13.9 Å². The number of halogens is 1. The van der Waals surface area contributed by atoms with Crippen molar-refractivity contribution in [2.75, 3.05) is 11.4 Å². The van der Waals surface area contributed by atoms with Crippen molar-refractivity contribution in [2.24, 2.45) is 13.0 Å². The van der Waals surface area contributed by atoms with Crippen LogP contribution in [-0.2, 0) is 20.1 Å². The highest BCUT2D eigenvalue weighted by molar-refractivity contribution is 5.77. The van der Waals surface area contributed by atoms with Gasteiger partial charge in [-0.15, -0.1) is 6.58 Å². The van der Waals surface area contributed by atoms with Gasteiger partial charge in [0.05, 0.1) is 0 Å². The maximum absolute atomic E-state index is 13.3. The molecule has 27 heavy (non-hydrogen) atoms. The first-order chi connectivity index (χ1) is 12.9. The average molecular weight is 369 g/mol. The standard InChI is InChI=1S/C19H20FN5O2/c1-4-9-23-17(26)15-16(22(3)19(23)27)21-18-24(10-12(2)11-25(15)18)14-7-5-13(20)6-8-14/h4-8,12H,1,9-11H2,2-3H3. The third kappa shape index (κ3) is 2.59. The molecule has 4 rings (SSSR count). The second-order valence-corrected chi connectivity index (χ2v) is 6.93. The molecule has 8 heteroatoms. The highest BCUT2D eigenvalue weighted by atomic mass is 19.1. The Labute approximate surface area is 154 Å². The van der Waals surface area contributed by atoms with Crippen LogP contribution in [-0.4, -0.2) is 25.2 Å². The molecule has 2 aromatic heterocycles. The molecule has 1 unspecified atom stereocenters. The minimum absolute atomic E-state index is 0.138. The minimum atomic E-state index is -0.427. The number of aryl methyl sites for hydroxylation is 1. The zero-order chi connectivity index (χ0) is 19.3. The molecule has 1 aliphatic rings. The number of anilines is 2. The van der Waals surface area contributed by atoms with E-state index in [4.69, 9.17) is 0 Å². The van der Waals surface area contributed by atoms with Gasteiger partial charge in [0.15, 0.2) is 11.2 Å². The van der Waals surface area contributed by atoms with Crippen molar-refractivity contribution in [3.63, 3.8) is 0 Å². The third-order valence-electron chi connectivity index (χ3n) is 4.89. The highest BCUT2D eigenvalue weighted by Gasteiger charge is 2.29. The first-order valence-electron chi connectivity index (χ1n) is 8.76. The zero-order valence-corrected chi connectivity index (χ0v) is 15.2. The van der Waals surface area contributed by atoms with E-state index in [0.29, 0.717) is 30.2 Å². The van der Waals surface area contributed by atoms with Gasteiger partial charge in [-0.05, 0) is 30.2 Å². The summed E-state index contributed by atoms with van der Waals surface area (Å²) in [5.41, 5.74) is 0.731. The van der Waals surface area contributed by atoms with Crippen LogP contribution in [0.5, 0.6) is 0 Å². The number of fused-ring (bicyclic) bond motifs is 3. The first kappa shape index (κ1) is 17.3. The van der Waals surface area contributed by atoms with Crippen molar-refractivity contribution in [1.82, 2.24) is 18.7 Å². The van der Waals surface area contributed by atoms with E-state index in [2.05, 4.69) is 18.5 Å². The topological polar surface area (TPSA) is 65.1 Å². The zero-order valence-electron chi connectivity index (χ0n) is 15.2. The van der Waals surface area contributed by atoms with Crippen LogP contribution in [0.15, 0.2) is 46.5 Å². The van der Waals surface area contributed by atoms with Crippen molar-refractivity contribution in [3.8, 4) is 0 Å². The first-order valence-corrected chi connectivity index (χ1v) is 8.76. The predicted molar refractivity (Wildman–Crippen MR) is 102 cm³/mol. The lowest BCUT2D eigenvalue weighted by molar-refractivity contribution is 0.458. The molecule has 1 aliphatic heterocycles. The summed E-state index contributed by atoms with van der Waals surface area (Å²) in [5, 5.41) is 0. The summed E-state index contributed by atoms with van der Waals surface area (Å²) >= 11 is 0. The van der Waals surface area contributed by atoms with Crippen molar-refractivity contribution >= 4 is 22.8 Å². The summed E-state index contributed by atoms with van der Waals surface area (Å²) in [6, 6.07) is 6.17. The quantitative estimate of drug-likeness (QED) is 0.663. The van der Waals surface area contributed by atoms with E-state index in [1.807, 2.05) is 9.47 Å². The number of rotatable bonds is 3. The summed E-state index contributed by atoms with van der Waals surface area (Å²) in [6.45, 7) is 7.14. The minimum Gasteiger partial charge on any atom is -0.312 e. The van der Waals surface area contributed by atoms with Gasteiger partial charge in [-0.2, -0.15) is 4.98 Å². The van der Waals surface area contributed by atoms with Crippen LogP contribution in [0.25, 0.3) is 11.2 Å². The van der Waals surface area contributed by atoms with E-state index < -0.39 is 5.69 Å². The number of hydrogen-bond donors (Lipinski definition) is 0. The number of aromatic nitrogens is 4. The van der Waals surface area contributed by atoms with E-state index in [0.717, 1.165) is 10.3 Å². The van der Waals surface area contributed by atoms with Gasteiger partial charge >= 0.3 is 5.69 Å². The largest absolute Gasteiger partial charge is 0.332 e. The van der Waals surface area contributed by atoms with Crippen molar-refractivity contribution in [2.45, 2.75) is 20.0 Å². The van der Waals surface area contributed by atoms with Gasteiger partial charge in [-0.25, -0.2) is 9.18 Å². The SMILES string of the molecule is C=CCn1c(=O)c2c(nc3n2CC(C)CN3c2ccc(F)cc2)n(C)c1=O. The monoisotopic (exact) mass is 369 g/mol. The van der Waals surface area contributed by atoms with Crippen molar-refractivity contribution < 1.29 is 4.39 Å². The van der Waals surface area contributed by atoms with Gasteiger partial charge in [0, 0.05) is 32.4 Å². The summed E-state index contributed by atoms with van der Waals surface area (Å²) in [5.74, 6) is 0.509. The Bertz CT molecular complexity index is 1160. The molecule has 0 N–H and O–H groups in total. The van der Waals surface area contributed by atoms with Gasteiger partial charge < -0.3 is 9.47 Å². The van der Waals surface area contributed by atoms with E-state index >= 15 is 0 Å². The molecule has 0 aliphatic carbocycles. The summed E-state index contributed by atoms with van der Waals surface area (Å²) in [4.78, 5) is 32.1. The molecule has 1 atom stereocenters. The second-order valence-electron chi connectivity index (χ2n) is 6.93. The molecule has 0 fully saturated rings. The van der Waals surface area contributed by atoms with Crippen LogP contribution in [0.1, 0.15) is 6.92 Å². The molecule has 0 saturated carbocycles. The Balaban J connectivity index is 2.02. The average Bonchev–Trinajstić information content (AvgIpc) is 3.03. The Kier molecular flexibility index (Phi) is 3.98. The van der Waals surface area contributed by atoms with E-state index in [-0.39, 0.29) is 23.8 Å². The fourth-order valence-corrected chi connectivity index (χ4v) is 3.63. The van der Waals surface area contributed by atoms with Crippen LogP contribution >= 0.6 is 0 Å². The highest BCUT2D eigenvalue weighted by Crippen LogP contribution is 2.32. The fraction of sp³-hybridized carbons (Fsp3) is 0.316. The summed E-state index contributed by atoms with van der Waals surface area (Å²) in [6.07, 6.45) is 1.52. The molecule has 0 saturated heterocycles. The van der Waals surface area contributed by atoms with Gasteiger partial charge in [0.25, 0.3) is 5.56 Å². The Hall–Kier alpha value is -3.16. The van der Waals surface area contributed by atoms with E-state index in [1.165, 1.54) is 22.8 Å². The maximum Gasteiger partial charge on any atom is 0.332 e. The van der Waals surface area contributed by atoms with Crippen LogP contribution in [0.4, 0.5) is 16.0 Å². The van der Waals surface area contributed by atoms with Crippen LogP contribution in [0, 0.1) is 11.7 Å². The third-order valence-corrected chi connectivity index (χ3v) is 4.89. The molecule has 7 nitrogen and oxygen atoms in total. The predicted octanol–water partition coefficient (Wildman–Crippen LogP) is 2.01. The van der Waals surface area contributed by atoms with E-state index in [1.54, 1.807) is 19.2 Å². The molecule has 1 aromatic carbocycles. The van der Waals surface area contributed by atoms with Gasteiger partial charge in [0.1, 0.15) is 5.82 Å². The number of allylic oxidation sites excluding steroid dienone is 1. The molecule has 3 aromatic rings. The lowest BCUT2D eigenvalue weighted by Crippen LogP contribution is -2.40. The van der Waals surface area contributed by atoms with Gasteiger partial charge in [0.2, 0.25) is 5.95 Å². The van der Waals surface area contributed by atoms with Crippen LogP contribution in [0.2, 0.25) is 0 Å². The van der Waals surface area contributed by atoms with Crippen molar-refractivity contribution in [3.05, 3.63) is 63.6 Å². The van der Waals surface area contributed by atoms with Gasteiger partial charge in [-0.1, -0.05) is 13.0 Å². The second kappa shape index (κ2) is 6.22. The smallest absolute Gasteiger partial charge is 0.312 e. The normalized spacial score (nSPS) is 16.6. The number of nitrogens with zero attached hydrogens (tertiary/aromatic N) is 5. The molecule has 0 spiro atoms. The summed E-state index contributed by atoms with van der Waals surface area (Å²) < 4.78 is 17.7. The number of imidazole rings is 1. The molecule has 140 valence electrons. The Morgan fingerprint density at radius 3 is 2.63 bits per heavy atom. The Morgan fingerprint density at radius 2 is 1.96 bits per heavy atom. The number of hydrogen-bond acceptors (Lipinski definition) is 4. The number of benzene rings is 1. The molecular weight excluding hydrogens is 349 g/mol. The lowest BCUT2D eigenvalue weighted by Gasteiger charge is -2.32. The fourth-order valence-electron chi connectivity index (χ4n) is 3.63. The molecule has 0 amide bonds. The van der Waals surface area contributed by atoms with Crippen LogP contribution < -0.4 is 16.1 Å².